The van der Waals surface area contributed by atoms with Crippen molar-refractivity contribution in [1.82, 2.24) is 0 Å². The molecule has 4 aromatic rings. The molecule has 0 bridgehead atoms. The molecular weight excluding hydrogens is 754 g/mol. The first-order valence-corrected chi connectivity index (χ1v) is 25.2. The fourth-order valence-corrected chi connectivity index (χ4v) is 45.8. The van der Waals surface area contributed by atoms with E-state index in [4.69, 9.17) is 0 Å². The van der Waals surface area contributed by atoms with Crippen LogP contribution in [0.4, 0.5) is 0 Å². The number of benzene rings is 4. The molecule has 4 unspecified atom stereocenters. The van der Waals surface area contributed by atoms with E-state index in [0.717, 1.165) is 14.7 Å². The second-order valence-corrected chi connectivity index (χ2v) is 30.5. The zero-order valence-electron chi connectivity index (χ0n) is 27.1. The van der Waals surface area contributed by atoms with E-state index in [9.17, 15) is 0 Å². The second-order valence-electron chi connectivity index (χ2n) is 13.9. The van der Waals surface area contributed by atoms with Crippen LogP contribution in [-0.4, -0.2) is 0 Å². The average molecular weight is 800 g/mol. The van der Waals surface area contributed by atoms with Gasteiger partial charge in [-0.2, -0.15) is 0 Å². The van der Waals surface area contributed by atoms with Gasteiger partial charge in [0.15, 0.2) is 0 Å². The Bertz CT molecular complexity index is 1650. The van der Waals surface area contributed by atoms with Gasteiger partial charge in [-0.25, -0.2) is 0 Å². The molecular formula is C42H46Cl2Hf. The van der Waals surface area contributed by atoms with E-state index < -0.39 is 20.0 Å². The number of hydrogen-bond acceptors (Lipinski definition) is 0. The molecule has 0 nitrogen and oxygen atoms in total. The van der Waals surface area contributed by atoms with Crippen molar-refractivity contribution in [2.75, 3.05) is 0 Å². The maximum atomic E-state index is 2.68. The summed E-state index contributed by atoms with van der Waals surface area (Å²) < 4.78 is 3.51. The molecule has 0 N–H and O–H groups in total. The number of hydrogen-bond donors (Lipinski definition) is 0. The maximum absolute atomic E-state index is 3.13. The molecule has 4 aliphatic rings. The first-order valence-electron chi connectivity index (χ1n) is 16.9. The number of rotatable bonds is 6. The number of allylic oxidation sites excluding steroid dienone is 2. The van der Waals surface area contributed by atoms with Gasteiger partial charge in [-0.3, -0.25) is 0 Å². The number of fused-ring (bicyclic) bond motifs is 3. The summed E-state index contributed by atoms with van der Waals surface area (Å²) in [7, 11) is 0. The third kappa shape index (κ3) is 5.03. The van der Waals surface area contributed by atoms with Crippen LogP contribution in [0.3, 0.4) is 0 Å². The van der Waals surface area contributed by atoms with Gasteiger partial charge in [-0.1, -0.05) is 0 Å². The molecule has 1 saturated carbocycles. The van der Waals surface area contributed by atoms with Crippen molar-refractivity contribution in [2.45, 2.75) is 80.9 Å². The molecule has 3 heteroatoms. The predicted molar refractivity (Wildman–Crippen MR) is 196 cm³/mol. The van der Waals surface area contributed by atoms with Gasteiger partial charge in [0.2, 0.25) is 0 Å². The van der Waals surface area contributed by atoms with Crippen LogP contribution in [0.1, 0.15) is 93.1 Å². The normalized spacial score (nSPS) is 25.6. The van der Waals surface area contributed by atoms with Gasteiger partial charge in [0, 0.05) is 0 Å². The van der Waals surface area contributed by atoms with Crippen molar-refractivity contribution in [1.29, 1.82) is 0 Å². The Kier molecular flexibility index (Phi) is 9.30. The van der Waals surface area contributed by atoms with Gasteiger partial charge in [-0.15, -0.1) is 24.8 Å². The van der Waals surface area contributed by atoms with Gasteiger partial charge in [0.1, 0.15) is 0 Å². The second kappa shape index (κ2) is 12.8. The minimum absolute atomic E-state index is 0. The fourth-order valence-electron chi connectivity index (χ4n) is 9.93. The molecule has 45 heavy (non-hydrogen) atoms. The van der Waals surface area contributed by atoms with Gasteiger partial charge in [0.25, 0.3) is 0 Å². The summed E-state index contributed by atoms with van der Waals surface area (Å²) in [4.78, 5) is 0. The molecule has 0 radical (unpaired) electrons. The van der Waals surface area contributed by atoms with Crippen LogP contribution in [0, 0.1) is 13.8 Å². The quantitative estimate of drug-likeness (QED) is 0.170. The molecule has 1 saturated heterocycles. The summed E-state index contributed by atoms with van der Waals surface area (Å²) in [5.41, 5.74) is 18.3. The van der Waals surface area contributed by atoms with Gasteiger partial charge >= 0.3 is 265 Å². The van der Waals surface area contributed by atoms with Crippen molar-refractivity contribution in [2.24, 2.45) is 0 Å². The zero-order chi connectivity index (χ0) is 29.3. The van der Waals surface area contributed by atoms with Gasteiger partial charge < -0.3 is 0 Å². The van der Waals surface area contributed by atoms with E-state index in [2.05, 4.69) is 125 Å². The van der Waals surface area contributed by atoms with Crippen LogP contribution in [0.15, 0.2) is 96.1 Å². The molecule has 232 valence electrons. The Morgan fingerprint density at radius 2 is 0.956 bits per heavy atom. The molecule has 2 fully saturated rings. The fraction of sp³-hybridized carbons (Fsp3) is 0.333. The van der Waals surface area contributed by atoms with E-state index in [1.165, 1.54) is 71.9 Å². The van der Waals surface area contributed by atoms with E-state index in [-0.39, 0.29) is 24.8 Å². The van der Waals surface area contributed by atoms with Crippen LogP contribution in [0.5, 0.6) is 0 Å². The van der Waals surface area contributed by atoms with Crippen molar-refractivity contribution >= 4 is 37.0 Å². The third-order valence-corrected chi connectivity index (χ3v) is 36.7. The Morgan fingerprint density at radius 3 is 1.33 bits per heavy atom. The number of halogens is 2. The van der Waals surface area contributed by atoms with Crippen molar-refractivity contribution in [3.63, 3.8) is 0 Å². The van der Waals surface area contributed by atoms with Crippen molar-refractivity contribution in [3.05, 3.63) is 129 Å². The monoisotopic (exact) mass is 800 g/mol. The van der Waals surface area contributed by atoms with Crippen LogP contribution in [0.2, 0.25) is 7.35 Å². The molecule has 0 aromatic heterocycles. The number of aryl methyl sites for hydroxylation is 2. The minimum Gasteiger partial charge on any atom is -0.147 e. The molecule has 8 rings (SSSR count). The standard InChI is InChI=1S/2C18H17.C6H10.2ClH.Hf/c2*1-3-14-11-16-5-4-6-17(18(16)12-14)15-9-7-13(2)8-10-15;1-2-4-6-5-3-1;;;/h2*4-12H,3H2,1-2H3;1-2H,3-6H2;2*1H;. The van der Waals surface area contributed by atoms with Crippen LogP contribution in [0.25, 0.3) is 34.4 Å². The van der Waals surface area contributed by atoms with Crippen LogP contribution >= 0.6 is 24.8 Å². The summed E-state index contributed by atoms with van der Waals surface area (Å²) in [6.07, 6.45) is 13.6. The van der Waals surface area contributed by atoms with Crippen molar-refractivity contribution in [3.8, 4) is 22.3 Å². The molecule has 3 aliphatic carbocycles. The van der Waals surface area contributed by atoms with Gasteiger partial charge in [0.05, 0.1) is 0 Å². The Hall–Kier alpha value is -2.19. The summed E-state index contributed by atoms with van der Waals surface area (Å²) >= 11 is -3.13. The van der Waals surface area contributed by atoms with Crippen LogP contribution in [-0.2, 0) is 20.0 Å². The van der Waals surface area contributed by atoms with Crippen LogP contribution < -0.4 is 0 Å². The zero-order valence-corrected chi connectivity index (χ0v) is 32.3. The predicted octanol–water partition coefficient (Wildman–Crippen LogP) is 13.2. The van der Waals surface area contributed by atoms with Crippen molar-refractivity contribution < 1.29 is 20.0 Å². The third-order valence-electron chi connectivity index (χ3n) is 11.8. The molecule has 1 heterocycles. The summed E-state index contributed by atoms with van der Waals surface area (Å²) in [5, 5.41) is 0. The first kappa shape index (κ1) is 32.7. The van der Waals surface area contributed by atoms with E-state index in [1.54, 1.807) is 33.4 Å². The molecule has 1 aliphatic heterocycles. The summed E-state index contributed by atoms with van der Waals surface area (Å²) in [6.45, 7) is 9.28. The molecule has 0 spiro atoms. The molecule has 0 amide bonds. The summed E-state index contributed by atoms with van der Waals surface area (Å²) in [5.74, 6) is 0. The molecule has 4 atom stereocenters. The Labute approximate surface area is 287 Å². The van der Waals surface area contributed by atoms with E-state index in [1.807, 2.05) is 0 Å². The van der Waals surface area contributed by atoms with E-state index in [0.29, 0.717) is 0 Å². The molecule has 4 aromatic carbocycles. The van der Waals surface area contributed by atoms with E-state index >= 15 is 0 Å². The largest absolute Gasteiger partial charge is 0.147 e. The maximum Gasteiger partial charge on any atom is -0.147 e. The SMILES string of the molecule is CCC1=Cc2c(-c3ccc(C)cc3)cccc2[CH]1[Hf]1([CH]2C(CC)=Cc3c(-c4ccc(C)cc4)cccc32)[CH]2CCCC[CH]21.Cl.Cl. The first-order chi connectivity index (χ1) is 21.1. The topological polar surface area (TPSA) is 0 Å². The smallest absolute Gasteiger partial charge is 0.147 e. The Morgan fingerprint density at radius 1 is 0.556 bits per heavy atom. The average Bonchev–Trinajstić information content (AvgIpc) is 3.32. The minimum atomic E-state index is -3.13. The summed E-state index contributed by atoms with van der Waals surface area (Å²) in [6, 6.07) is 33.1. The van der Waals surface area contributed by atoms with Gasteiger partial charge in [-0.05, 0) is 0 Å². The Balaban J connectivity index is 0.00000179.